The van der Waals surface area contributed by atoms with E-state index in [0.29, 0.717) is 37.5 Å². The van der Waals surface area contributed by atoms with Gasteiger partial charge in [0.05, 0.1) is 23.8 Å². The number of rotatable bonds is 10. The Kier molecular flexibility index (Phi) is 9.89. The van der Waals surface area contributed by atoms with E-state index in [4.69, 9.17) is 19.4 Å². The number of fused-ring (bicyclic) bond motifs is 2. The van der Waals surface area contributed by atoms with Gasteiger partial charge in [0.1, 0.15) is 24.3 Å². The fourth-order valence-electron chi connectivity index (χ4n) is 8.21. The molecule has 0 amide bonds. The zero-order valence-electron chi connectivity index (χ0n) is 29.5. The molecule has 0 radical (unpaired) electrons. The van der Waals surface area contributed by atoms with Gasteiger partial charge in [0.15, 0.2) is 0 Å². The molecule has 1 saturated carbocycles. The van der Waals surface area contributed by atoms with Crippen LogP contribution in [0.2, 0.25) is 0 Å². The fourth-order valence-corrected chi connectivity index (χ4v) is 8.21. The first-order valence-electron chi connectivity index (χ1n) is 18.4. The van der Waals surface area contributed by atoms with Crippen molar-refractivity contribution in [1.29, 1.82) is 0 Å². The van der Waals surface area contributed by atoms with E-state index in [1.807, 2.05) is 6.20 Å². The first-order valence-corrected chi connectivity index (χ1v) is 18.4. The van der Waals surface area contributed by atoms with Crippen LogP contribution in [0.1, 0.15) is 106 Å². The molecule has 3 fully saturated rings. The van der Waals surface area contributed by atoms with Crippen molar-refractivity contribution in [3.8, 4) is 11.5 Å². The molecule has 7 rings (SSSR count). The summed E-state index contributed by atoms with van der Waals surface area (Å²) >= 11 is 0. The zero-order chi connectivity index (χ0) is 33.3. The number of aryl methyl sites for hydroxylation is 1. The number of benzene rings is 2. The zero-order valence-corrected chi connectivity index (χ0v) is 29.5. The minimum absolute atomic E-state index is 0.379. The molecule has 2 aromatic heterocycles. The quantitative estimate of drug-likeness (QED) is 0.170. The molecular formula is C41H53FN4O2. The van der Waals surface area contributed by atoms with Gasteiger partial charge in [-0.25, -0.2) is 9.37 Å². The van der Waals surface area contributed by atoms with E-state index in [1.165, 1.54) is 42.2 Å². The van der Waals surface area contributed by atoms with Gasteiger partial charge in [-0.3, -0.25) is 14.8 Å². The van der Waals surface area contributed by atoms with Crippen molar-refractivity contribution in [3.05, 3.63) is 70.5 Å². The van der Waals surface area contributed by atoms with Crippen molar-refractivity contribution in [3.63, 3.8) is 0 Å². The van der Waals surface area contributed by atoms with Crippen LogP contribution in [0.4, 0.5) is 4.39 Å². The van der Waals surface area contributed by atoms with Crippen molar-refractivity contribution in [1.82, 2.24) is 19.8 Å². The number of likely N-dealkylation sites (tertiary alicyclic amines) is 2. The van der Waals surface area contributed by atoms with Crippen molar-refractivity contribution in [2.75, 3.05) is 33.3 Å². The summed E-state index contributed by atoms with van der Waals surface area (Å²) < 4.78 is 26.9. The largest absolute Gasteiger partial charge is 0.496 e. The maximum Gasteiger partial charge on any atom is 0.130 e. The Hall–Kier alpha value is -3.29. The number of alkyl halides is 1. The topological polar surface area (TPSA) is 50.7 Å². The maximum absolute atomic E-state index is 14.3. The van der Waals surface area contributed by atoms with E-state index in [-0.39, 0.29) is 0 Å². The lowest BCUT2D eigenvalue weighted by Gasteiger charge is -2.31. The molecular weight excluding hydrogens is 599 g/mol. The highest BCUT2D eigenvalue weighted by Gasteiger charge is 2.29. The summed E-state index contributed by atoms with van der Waals surface area (Å²) in [6, 6.07) is 13.0. The number of hydrogen-bond donors (Lipinski definition) is 0. The molecule has 0 spiro atoms. The summed E-state index contributed by atoms with van der Waals surface area (Å²) in [5.74, 6) is 2.25. The monoisotopic (exact) mass is 652 g/mol. The summed E-state index contributed by atoms with van der Waals surface area (Å²) in [6.07, 6.45) is 11.0. The summed E-state index contributed by atoms with van der Waals surface area (Å²) in [5.41, 5.74) is 8.26. The van der Waals surface area contributed by atoms with E-state index >= 15 is 0 Å². The van der Waals surface area contributed by atoms with Gasteiger partial charge in [-0.15, -0.1) is 0 Å². The number of nitrogens with zero attached hydrogens (tertiary/aromatic N) is 4. The number of ether oxygens (including phenoxy) is 2. The average Bonchev–Trinajstić information content (AvgIpc) is 3.23. The highest BCUT2D eigenvalue weighted by Crippen LogP contribution is 2.45. The van der Waals surface area contributed by atoms with Crippen LogP contribution in [0.5, 0.6) is 11.5 Å². The number of piperidine rings is 1. The van der Waals surface area contributed by atoms with Crippen LogP contribution in [0, 0.1) is 5.41 Å². The van der Waals surface area contributed by atoms with E-state index in [2.05, 4.69) is 67.0 Å². The fraction of sp³-hybridized carbons (Fsp3) is 0.561. The van der Waals surface area contributed by atoms with Gasteiger partial charge >= 0.3 is 0 Å². The predicted molar refractivity (Wildman–Crippen MR) is 193 cm³/mol. The summed E-state index contributed by atoms with van der Waals surface area (Å²) in [6.45, 7) is 12.8. The molecule has 6 nitrogen and oxygen atoms in total. The third-order valence-corrected chi connectivity index (χ3v) is 11.3. The number of halogens is 1. The summed E-state index contributed by atoms with van der Waals surface area (Å²) in [7, 11) is 1.76. The van der Waals surface area contributed by atoms with Crippen LogP contribution >= 0.6 is 0 Å². The second-order valence-electron chi connectivity index (χ2n) is 15.3. The van der Waals surface area contributed by atoms with Crippen LogP contribution in [-0.4, -0.2) is 59.2 Å². The molecule has 2 aliphatic heterocycles. The molecule has 0 bridgehead atoms. The summed E-state index contributed by atoms with van der Waals surface area (Å²) in [4.78, 5) is 15.0. The normalized spacial score (nSPS) is 20.9. The van der Waals surface area contributed by atoms with Crippen LogP contribution in [0.3, 0.4) is 0 Å². The third kappa shape index (κ3) is 7.04. The first kappa shape index (κ1) is 33.2. The molecule has 1 atom stereocenters. The molecule has 4 heterocycles. The minimum atomic E-state index is -0.750. The van der Waals surface area contributed by atoms with Crippen LogP contribution in [-0.2, 0) is 26.1 Å². The van der Waals surface area contributed by atoms with Crippen molar-refractivity contribution in [2.24, 2.45) is 5.41 Å². The standard InChI is InChI=1S/C41H53FN4O2/c1-5-33-36(15-14-34-29(16-19-43-39(33)34)24-45-21-8-17-41(2,3)18-22-45)48-27-32-12-13-35-30(25-46-20-7-11-31(42)26-46)23-37(47-4)38(40(35)44-32)28-9-6-10-28/h12-16,19,23,28,31H,5-11,17-18,20-22,24-27H2,1-4H3/t31-/m0/s1. The Bertz CT molecular complexity index is 1750. The third-order valence-electron chi connectivity index (χ3n) is 11.3. The molecule has 7 heteroatoms. The molecule has 0 N–H and O–H groups in total. The Morgan fingerprint density at radius 3 is 2.42 bits per heavy atom. The SMILES string of the molecule is CCc1c(OCc2ccc3c(CN4CCC[C@H](F)C4)cc(OC)c(C4CCC4)c3n2)ccc2c(CN3CCCC(C)(C)CC3)ccnc12. The molecule has 4 aromatic rings. The lowest BCUT2D eigenvalue weighted by atomic mass is 9.78. The Morgan fingerprint density at radius 1 is 0.854 bits per heavy atom. The van der Waals surface area contributed by atoms with Gasteiger partial charge in [0.25, 0.3) is 0 Å². The molecule has 0 unspecified atom stereocenters. The number of pyridine rings is 2. The highest BCUT2D eigenvalue weighted by molar-refractivity contribution is 5.89. The van der Waals surface area contributed by atoms with Gasteiger partial charge in [0.2, 0.25) is 0 Å². The Morgan fingerprint density at radius 2 is 1.65 bits per heavy atom. The van der Waals surface area contributed by atoms with E-state index in [9.17, 15) is 4.39 Å². The van der Waals surface area contributed by atoms with E-state index in [1.54, 1.807) is 7.11 Å². The molecule has 48 heavy (non-hydrogen) atoms. The van der Waals surface area contributed by atoms with Crippen molar-refractivity contribution in [2.45, 2.75) is 110 Å². The van der Waals surface area contributed by atoms with E-state index in [0.717, 1.165) is 96.6 Å². The first-order chi connectivity index (χ1) is 23.3. The lowest BCUT2D eigenvalue weighted by molar-refractivity contribution is 0.133. The predicted octanol–water partition coefficient (Wildman–Crippen LogP) is 9.15. The Balaban J connectivity index is 1.15. The van der Waals surface area contributed by atoms with Gasteiger partial charge in [-0.05, 0) is 124 Å². The molecule has 2 saturated heterocycles. The van der Waals surface area contributed by atoms with Gasteiger partial charge < -0.3 is 9.47 Å². The smallest absolute Gasteiger partial charge is 0.130 e. The van der Waals surface area contributed by atoms with Gasteiger partial charge in [0, 0.05) is 47.7 Å². The number of methoxy groups -OCH3 is 1. The van der Waals surface area contributed by atoms with Gasteiger partial charge in [-0.1, -0.05) is 33.3 Å². The van der Waals surface area contributed by atoms with E-state index < -0.39 is 6.17 Å². The van der Waals surface area contributed by atoms with Crippen LogP contribution in [0.25, 0.3) is 21.8 Å². The van der Waals surface area contributed by atoms with Crippen LogP contribution < -0.4 is 9.47 Å². The molecule has 2 aromatic carbocycles. The second-order valence-corrected chi connectivity index (χ2v) is 15.3. The second kappa shape index (κ2) is 14.3. The van der Waals surface area contributed by atoms with Gasteiger partial charge in [-0.2, -0.15) is 0 Å². The van der Waals surface area contributed by atoms with Crippen LogP contribution in [0.15, 0.2) is 42.6 Å². The number of hydrogen-bond acceptors (Lipinski definition) is 6. The number of aromatic nitrogens is 2. The molecule has 256 valence electrons. The lowest BCUT2D eigenvalue weighted by Crippen LogP contribution is -2.35. The van der Waals surface area contributed by atoms with Crippen molar-refractivity contribution >= 4 is 21.8 Å². The maximum atomic E-state index is 14.3. The minimum Gasteiger partial charge on any atom is -0.496 e. The average molecular weight is 653 g/mol. The Labute approximate surface area is 286 Å². The highest BCUT2D eigenvalue weighted by atomic mass is 19.1. The summed E-state index contributed by atoms with van der Waals surface area (Å²) in [5, 5.41) is 2.37. The molecule has 3 aliphatic rings. The van der Waals surface area contributed by atoms with Crippen molar-refractivity contribution < 1.29 is 13.9 Å². The molecule has 1 aliphatic carbocycles.